The van der Waals surface area contributed by atoms with E-state index in [0.29, 0.717) is 6.04 Å². The summed E-state index contributed by atoms with van der Waals surface area (Å²) in [6.45, 7) is 5.60. The Morgan fingerprint density at radius 3 is 2.71 bits per heavy atom. The van der Waals surface area contributed by atoms with Crippen LogP contribution in [0.5, 0.6) is 0 Å². The minimum absolute atomic E-state index is 0.602. The van der Waals surface area contributed by atoms with E-state index in [1.807, 2.05) is 14.0 Å². The van der Waals surface area contributed by atoms with Gasteiger partial charge in [0.1, 0.15) is 0 Å². The quantitative estimate of drug-likeness (QED) is 0.659. The van der Waals surface area contributed by atoms with Crippen LogP contribution in [-0.2, 0) is 9.47 Å². The molecule has 1 heterocycles. The first-order valence-corrected chi connectivity index (χ1v) is 5.71. The molecule has 1 aliphatic rings. The molecule has 1 saturated heterocycles. The average Bonchev–Trinajstić information content (AvgIpc) is 2.26. The second-order valence-corrected chi connectivity index (χ2v) is 3.83. The van der Waals surface area contributed by atoms with Crippen LogP contribution in [0.4, 0.5) is 0 Å². The first kappa shape index (κ1) is 12.0. The first-order valence-electron chi connectivity index (χ1n) is 5.71. The van der Waals surface area contributed by atoms with Gasteiger partial charge >= 0.3 is 0 Å². The van der Waals surface area contributed by atoms with Gasteiger partial charge in [-0.2, -0.15) is 0 Å². The van der Waals surface area contributed by atoms with E-state index < -0.39 is 0 Å². The van der Waals surface area contributed by atoms with Crippen LogP contribution < -0.4 is 5.32 Å². The molecule has 1 unspecified atom stereocenters. The van der Waals surface area contributed by atoms with E-state index in [4.69, 9.17) is 9.47 Å². The fourth-order valence-electron chi connectivity index (χ4n) is 2.09. The average molecular weight is 201 g/mol. The Kier molecular flexibility index (Phi) is 6.15. The van der Waals surface area contributed by atoms with Crippen molar-refractivity contribution in [2.45, 2.75) is 32.2 Å². The molecule has 1 atom stereocenters. The summed E-state index contributed by atoms with van der Waals surface area (Å²) in [5, 5.41) is 3.40. The summed E-state index contributed by atoms with van der Waals surface area (Å²) in [6, 6.07) is 0.602. The number of rotatable bonds is 6. The molecule has 0 bridgehead atoms. The van der Waals surface area contributed by atoms with Crippen LogP contribution in [0.3, 0.4) is 0 Å². The van der Waals surface area contributed by atoms with Crippen molar-refractivity contribution in [3.8, 4) is 0 Å². The molecule has 0 amide bonds. The molecule has 0 aromatic carbocycles. The normalized spacial score (nSPS) is 21.0. The van der Waals surface area contributed by atoms with Gasteiger partial charge in [-0.1, -0.05) is 0 Å². The lowest BCUT2D eigenvalue weighted by atomic mass is 9.90. The van der Waals surface area contributed by atoms with Crippen molar-refractivity contribution >= 4 is 0 Å². The predicted molar refractivity (Wildman–Crippen MR) is 57.5 cm³/mol. The van der Waals surface area contributed by atoms with Crippen LogP contribution in [-0.4, -0.2) is 39.5 Å². The van der Waals surface area contributed by atoms with Gasteiger partial charge in [-0.05, 0) is 39.2 Å². The smallest absolute Gasteiger partial charge is 0.0480 e. The maximum absolute atomic E-state index is 5.39. The van der Waals surface area contributed by atoms with Gasteiger partial charge in [-0.15, -0.1) is 0 Å². The van der Waals surface area contributed by atoms with Gasteiger partial charge < -0.3 is 14.8 Å². The molecule has 1 fully saturated rings. The summed E-state index contributed by atoms with van der Waals surface area (Å²) >= 11 is 0. The maximum Gasteiger partial charge on any atom is 0.0480 e. The summed E-state index contributed by atoms with van der Waals surface area (Å²) in [5.41, 5.74) is 0. The van der Waals surface area contributed by atoms with Crippen molar-refractivity contribution < 1.29 is 9.47 Å². The lowest BCUT2D eigenvalue weighted by molar-refractivity contribution is 0.0470. The Balaban J connectivity index is 2.21. The van der Waals surface area contributed by atoms with Crippen molar-refractivity contribution in [3.63, 3.8) is 0 Å². The van der Waals surface area contributed by atoms with Gasteiger partial charge in [0.05, 0.1) is 0 Å². The Hall–Kier alpha value is -0.120. The van der Waals surface area contributed by atoms with E-state index in [1.165, 1.54) is 12.8 Å². The summed E-state index contributed by atoms with van der Waals surface area (Å²) < 4.78 is 10.7. The number of hydrogen-bond acceptors (Lipinski definition) is 3. The fourth-order valence-corrected chi connectivity index (χ4v) is 2.09. The molecule has 0 radical (unpaired) electrons. The molecule has 1 aliphatic heterocycles. The highest BCUT2D eigenvalue weighted by Crippen LogP contribution is 2.20. The molecule has 0 saturated carbocycles. The van der Waals surface area contributed by atoms with Crippen LogP contribution in [0.1, 0.15) is 26.2 Å². The topological polar surface area (TPSA) is 30.5 Å². The molecule has 0 aliphatic carbocycles. The van der Waals surface area contributed by atoms with E-state index >= 15 is 0 Å². The maximum atomic E-state index is 5.39. The predicted octanol–water partition coefficient (Wildman–Crippen LogP) is 1.43. The summed E-state index contributed by atoms with van der Waals surface area (Å²) in [7, 11) is 2.05. The van der Waals surface area contributed by atoms with Gasteiger partial charge in [-0.25, -0.2) is 0 Å². The van der Waals surface area contributed by atoms with E-state index in [-0.39, 0.29) is 0 Å². The van der Waals surface area contributed by atoms with E-state index in [2.05, 4.69) is 5.32 Å². The molecule has 3 heteroatoms. The van der Waals surface area contributed by atoms with Crippen LogP contribution in [0.25, 0.3) is 0 Å². The van der Waals surface area contributed by atoms with Crippen molar-refractivity contribution in [3.05, 3.63) is 0 Å². The highest BCUT2D eigenvalue weighted by atomic mass is 16.5. The van der Waals surface area contributed by atoms with Gasteiger partial charge in [-0.3, -0.25) is 0 Å². The van der Waals surface area contributed by atoms with Crippen LogP contribution in [0.15, 0.2) is 0 Å². The van der Waals surface area contributed by atoms with E-state index in [9.17, 15) is 0 Å². The highest BCUT2D eigenvalue weighted by Gasteiger charge is 2.22. The van der Waals surface area contributed by atoms with Crippen molar-refractivity contribution in [1.29, 1.82) is 0 Å². The molecule has 14 heavy (non-hydrogen) atoms. The van der Waals surface area contributed by atoms with E-state index in [0.717, 1.165) is 38.8 Å². The van der Waals surface area contributed by atoms with Crippen molar-refractivity contribution in [1.82, 2.24) is 5.32 Å². The van der Waals surface area contributed by atoms with Crippen LogP contribution in [0.2, 0.25) is 0 Å². The second-order valence-electron chi connectivity index (χ2n) is 3.83. The first-order chi connectivity index (χ1) is 6.88. The summed E-state index contributed by atoms with van der Waals surface area (Å²) in [6.07, 6.45) is 3.50. The van der Waals surface area contributed by atoms with E-state index in [1.54, 1.807) is 0 Å². The molecule has 3 nitrogen and oxygen atoms in total. The minimum atomic E-state index is 0.602. The summed E-state index contributed by atoms with van der Waals surface area (Å²) in [4.78, 5) is 0. The third kappa shape index (κ3) is 3.95. The number of hydrogen-bond donors (Lipinski definition) is 1. The molecule has 1 rings (SSSR count). The molecule has 0 aromatic rings. The monoisotopic (exact) mass is 201 g/mol. The number of ether oxygens (including phenoxy) is 2. The van der Waals surface area contributed by atoms with Crippen molar-refractivity contribution in [2.75, 3.05) is 33.5 Å². The van der Waals surface area contributed by atoms with Gasteiger partial charge in [0.2, 0.25) is 0 Å². The fraction of sp³-hybridized carbons (Fsp3) is 1.00. The zero-order chi connectivity index (χ0) is 10.2. The largest absolute Gasteiger partial charge is 0.382 e. The van der Waals surface area contributed by atoms with Crippen molar-refractivity contribution in [2.24, 2.45) is 5.92 Å². The molecular formula is C11H23NO2. The Morgan fingerprint density at radius 2 is 2.14 bits per heavy atom. The highest BCUT2D eigenvalue weighted by molar-refractivity contribution is 4.77. The SMILES string of the molecule is CCOCCC(NC)C1CCOCC1. The molecule has 0 spiro atoms. The molecule has 1 N–H and O–H groups in total. The van der Waals surface area contributed by atoms with Gasteiger partial charge in [0.25, 0.3) is 0 Å². The van der Waals surface area contributed by atoms with Crippen LogP contribution in [0, 0.1) is 5.92 Å². The third-order valence-corrected chi connectivity index (χ3v) is 2.98. The molecule has 0 aromatic heterocycles. The Morgan fingerprint density at radius 1 is 1.43 bits per heavy atom. The van der Waals surface area contributed by atoms with Gasteiger partial charge in [0, 0.05) is 32.5 Å². The third-order valence-electron chi connectivity index (χ3n) is 2.98. The lowest BCUT2D eigenvalue weighted by Gasteiger charge is -2.30. The molecular weight excluding hydrogens is 178 g/mol. The lowest BCUT2D eigenvalue weighted by Crippen LogP contribution is -2.37. The Bertz CT molecular complexity index is 135. The second kappa shape index (κ2) is 7.21. The zero-order valence-electron chi connectivity index (χ0n) is 9.42. The Labute approximate surface area is 87.2 Å². The minimum Gasteiger partial charge on any atom is -0.382 e. The van der Waals surface area contributed by atoms with Crippen LogP contribution >= 0.6 is 0 Å². The zero-order valence-corrected chi connectivity index (χ0v) is 9.42. The standard InChI is InChI=1S/C11H23NO2/c1-3-13-9-6-11(12-2)10-4-7-14-8-5-10/h10-12H,3-9H2,1-2H3. The summed E-state index contributed by atoms with van der Waals surface area (Å²) in [5.74, 6) is 0.772. The molecule has 84 valence electrons. The number of nitrogens with one attached hydrogen (secondary N) is 1. The van der Waals surface area contributed by atoms with Gasteiger partial charge in [0.15, 0.2) is 0 Å².